The molecule has 0 amide bonds. The van der Waals surface area contributed by atoms with Crippen molar-refractivity contribution in [2.75, 3.05) is 78.8 Å². The van der Waals surface area contributed by atoms with Crippen LogP contribution in [0.2, 0.25) is 0 Å². The van der Waals surface area contributed by atoms with Crippen molar-refractivity contribution in [3.05, 3.63) is 0 Å². The monoisotopic (exact) mass is 363 g/mol. The Kier molecular flexibility index (Phi) is 6.85. The molecular formula is C15H29N3O5S. The summed E-state index contributed by atoms with van der Waals surface area (Å²) < 4.78 is 45.1. The lowest BCUT2D eigenvalue weighted by molar-refractivity contribution is -0.0925. The number of nitrogens with zero attached hydrogens (tertiary/aromatic N) is 3. The molecule has 24 heavy (non-hydrogen) atoms. The topological polar surface area (TPSA) is 71.6 Å². The first-order chi connectivity index (χ1) is 11.7. The van der Waals surface area contributed by atoms with Gasteiger partial charge in [0.2, 0.25) is 0 Å². The van der Waals surface area contributed by atoms with E-state index in [2.05, 4.69) is 4.90 Å². The lowest BCUT2D eigenvalue weighted by atomic mass is 10.2. The summed E-state index contributed by atoms with van der Waals surface area (Å²) in [6, 6.07) is 0. The molecule has 0 aliphatic carbocycles. The summed E-state index contributed by atoms with van der Waals surface area (Å²) in [5.74, 6) is 0. The van der Waals surface area contributed by atoms with Gasteiger partial charge in [0.1, 0.15) is 0 Å². The second-order valence-electron chi connectivity index (χ2n) is 6.47. The van der Waals surface area contributed by atoms with E-state index in [4.69, 9.17) is 14.2 Å². The third-order valence-electron chi connectivity index (χ3n) is 4.82. The molecule has 3 fully saturated rings. The predicted octanol–water partition coefficient (Wildman–Crippen LogP) is -0.623. The molecule has 0 aromatic carbocycles. The van der Waals surface area contributed by atoms with E-state index in [1.807, 2.05) is 0 Å². The quantitative estimate of drug-likeness (QED) is 0.648. The molecule has 0 bridgehead atoms. The largest absolute Gasteiger partial charge is 0.379 e. The van der Waals surface area contributed by atoms with E-state index in [1.165, 1.54) is 0 Å². The second kappa shape index (κ2) is 8.88. The van der Waals surface area contributed by atoms with Gasteiger partial charge in [-0.2, -0.15) is 17.0 Å². The molecule has 3 saturated heterocycles. The van der Waals surface area contributed by atoms with Crippen LogP contribution in [-0.4, -0.2) is 107 Å². The Morgan fingerprint density at radius 3 is 2.38 bits per heavy atom. The molecule has 0 radical (unpaired) electrons. The highest BCUT2D eigenvalue weighted by Gasteiger charge is 2.32. The third kappa shape index (κ3) is 4.87. The highest BCUT2D eigenvalue weighted by molar-refractivity contribution is 7.86. The Balaban J connectivity index is 1.47. The molecule has 140 valence electrons. The van der Waals surface area contributed by atoms with Gasteiger partial charge in [-0.15, -0.1) is 0 Å². The van der Waals surface area contributed by atoms with Crippen molar-refractivity contribution in [2.24, 2.45) is 0 Å². The lowest BCUT2D eigenvalue weighted by Crippen LogP contribution is -2.49. The molecule has 3 heterocycles. The maximum atomic E-state index is 12.7. The summed E-state index contributed by atoms with van der Waals surface area (Å²) >= 11 is 0. The number of morpholine rings is 1. The number of rotatable bonds is 5. The van der Waals surface area contributed by atoms with Crippen molar-refractivity contribution in [3.63, 3.8) is 0 Å². The minimum Gasteiger partial charge on any atom is -0.379 e. The fraction of sp³-hybridized carbons (Fsp3) is 1.00. The minimum atomic E-state index is -3.35. The summed E-state index contributed by atoms with van der Waals surface area (Å²) in [4.78, 5) is 2.34. The molecule has 9 heteroatoms. The zero-order valence-electron chi connectivity index (χ0n) is 14.3. The van der Waals surface area contributed by atoms with E-state index in [1.54, 1.807) is 8.61 Å². The summed E-state index contributed by atoms with van der Waals surface area (Å²) in [7, 11) is -3.35. The van der Waals surface area contributed by atoms with Crippen molar-refractivity contribution in [3.8, 4) is 0 Å². The van der Waals surface area contributed by atoms with Crippen LogP contribution in [0.4, 0.5) is 0 Å². The number of hydrogen-bond acceptors (Lipinski definition) is 6. The molecule has 0 saturated carbocycles. The maximum absolute atomic E-state index is 12.7. The summed E-state index contributed by atoms with van der Waals surface area (Å²) in [6.07, 6.45) is 1.98. The molecule has 3 aliphatic rings. The molecule has 0 N–H and O–H groups in total. The van der Waals surface area contributed by atoms with Gasteiger partial charge in [0.05, 0.1) is 39.1 Å². The second-order valence-corrected chi connectivity index (χ2v) is 8.40. The van der Waals surface area contributed by atoms with Gasteiger partial charge in [-0.1, -0.05) is 0 Å². The third-order valence-corrected chi connectivity index (χ3v) is 6.86. The summed E-state index contributed by atoms with van der Waals surface area (Å²) in [5.41, 5.74) is 0. The Morgan fingerprint density at radius 1 is 0.833 bits per heavy atom. The Bertz CT molecular complexity index is 478. The van der Waals surface area contributed by atoms with Gasteiger partial charge in [0.25, 0.3) is 10.2 Å². The van der Waals surface area contributed by atoms with Crippen molar-refractivity contribution in [2.45, 2.75) is 18.9 Å². The van der Waals surface area contributed by atoms with E-state index in [9.17, 15) is 8.42 Å². The molecule has 8 nitrogen and oxygen atoms in total. The van der Waals surface area contributed by atoms with Gasteiger partial charge < -0.3 is 19.1 Å². The Morgan fingerprint density at radius 2 is 1.62 bits per heavy atom. The molecule has 3 rings (SSSR count). The zero-order chi connectivity index (χ0) is 16.8. The molecule has 1 atom stereocenters. The molecule has 0 spiro atoms. The summed E-state index contributed by atoms with van der Waals surface area (Å²) in [6.45, 7) is 7.73. The SMILES string of the molecule is O=S(=O)(N1CCOCC1)N1CCCN(CCC2COCCO2)CC1. The van der Waals surface area contributed by atoms with Gasteiger partial charge in [-0.3, -0.25) is 0 Å². The first kappa shape index (κ1) is 18.5. The van der Waals surface area contributed by atoms with E-state index < -0.39 is 10.2 Å². The lowest BCUT2D eigenvalue weighted by Gasteiger charge is -2.31. The first-order valence-electron chi connectivity index (χ1n) is 8.91. The molecular weight excluding hydrogens is 334 g/mol. The Labute approximate surface area is 144 Å². The van der Waals surface area contributed by atoms with E-state index in [0.717, 1.165) is 32.5 Å². The van der Waals surface area contributed by atoms with Gasteiger partial charge >= 0.3 is 0 Å². The number of ether oxygens (including phenoxy) is 3. The summed E-state index contributed by atoms with van der Waals surface area (Å²) in [5, 5.41) is 0. The van der Waals surface area contributed by atoms with Gasteiger partial charge in [-0.05, 0) is 19.4 Å². The van der Waals surface area contributed by atoms with Crippen molar-refractivity contribution in [1.82, 2.24) is 13.5 Å². The van der Waals surface area contributed by atoms with Gasteiger partial charge in [0, 0.05) is 39.3 Å². The van der Waals surface area contributed by atoms with Crippen LogP contribution in [0.3, 0.4) is 0 Å². The fourth-order valence-corrected chi connectivity index (χ4v) is 4.98. The average molecular weight is 363 g/mol. The average Bonchev–Trinajstić information content (AvgIpc) is 2.88. The van der Waals surface area contributed by atoms with Crippen LogP contribution in [0, 0.1) is 0 Å². The van der Waals surface area contributed by atoms with Crippen molar-refractivity contribution in [1.29, 1.82) is 0 Å². The molecule has 0 aromatic heterocycles. The van der Waals surface area contributed by atoms with E-state index in [0.29, 0.717) is 59.2 Å². The standard InChI is InChI=1S/C15H29N3O5S/c19-24(20,18-8-10-21-11-9-18)17-4-1-3-16(6-7-17)5-2-15-14-22-12-13-23-15/h15H,1-14H2. The molecule has 3 aliphatic heterocycles. The van der Waals surface area contributed by atoms with Crippen LogP contribution < -0.4 is 0 Å². The highest BCUT2D eigenvalue weighted by atomic mass is 32.2. The van der Waals surface area contributed by atoms with Gasteiger partial charge in [-0.25, -0.2) is 0 Å². The van der Waals surface area contributed by atoms with Crippen LogP contribution in [0.1, 0.15) is 12.8 Å². The van der Waals surface area contributed by atoms with Crippen LogP contribution in [-0.2, 0) is 24.4 Å². The van der Waals surface area contributed by atoms with Crippen LogP contribution in [0.25, 0.3) is 0 Å². The van der Waals surface area contributed by atoms with Crippen LogP contribution >= 0.6 is 0 Å². The van der Waals surface area contributed by atoms with E-state index in [-0.39, 0.29) is 6.10 Å². The normalized spacial score (nSPS) is 29.4. The zero-order valence-corrected chi connectivity index (χ0v) is 15.1. The molecule has 0 aromatic rings. The van der Waals surface area contributed by atoms with Crippen LogP contribution in [0.5, 0.6) is 0 Å². The fourth-order valence-electron chi connectivity index (χ4n) is 3.37. The minimum absolute atomic E-state index is 0.176. The van der Waals surface area contributed by atoms with Crippen molar-refractivity contribution < 1.29 is 22.6 Å². The molecule has 1 unspecified atom stereocenters. The van der Waals surface area contributed by atoms with Gasteiger partial charge in [0.15, 0.2) is 0 Å². The van der Waals surface area contributed by atoms with Crippen LogP contribution in [0.15, 0.2) is 0 Å². The van der Waals surface area contributed by atoms with E-state index >= 15 is 0 Å². The van der Waals surface area contributed by atoms with Crippen molar-refractivity contribution >= 4 is 10.2 Å². The smallest absolute Gasteiger partial charge is 0.282 e. The Hall–Kier alpha value is -0.290. The predicted molar refractivity (Wildman–Crippen MR) is 89.1 cm³/mol. The maximum Gasteiger partial charge on any atom is 0.282 e. The number of hydrogen-bond donors (Lipinski definition) is 0. The first-order valence-corrected chi connectivity index (χ1v) is 10.3. The highest BCUT2D eigenvalue weighted by Crippen LogP contribution is 2.15.